The number of aliphatic hydroxyl groups excluding tert-OH is 2. The molecule has 1 aromatic carbocycles. The highest BCUT2D eigenvalue weighted by Crippen LogP contribution is 2.34. The Bertz CT molecular complexity index is 703. The van der Waals surface area contributed by atoms with Crippen molar-refractivity contribution in [1.82, 2.24) is 0 Å². The molecule has 0 aliphatic heterocycles. The second-order valence-corrected chi connectivity index (χ2v) is 6.98. The van der Waals surface area contributed by atoms with Gasteiger partial charge >= 0.3 is 5.97 Å². The monoisotopic (exact) mass is 447 g/mol. The summed E-state index contributed by atoms with van der Waals surface area (Å²) in [6.07, 6.45) is 1.21. The maximum absolute atomic E-state index is 12.3. The Hall–Kier alpha value is -1.57. The molecule has 0 amide bonds. The number of methoxy groups -OCH3 is 1. The summed E-state index contributed by atoms with van der Waals surface area (Å²) in [5.74, 6) is -0.572. The molecule has 0 saturated heterocycles. The smallest absolute Gasteiger partial charge is 0.343 e. The van der Waals surface area contributed by atoms with Gasteiger partial charge in [0, 0.05) is 17.8 Å². The molecule has 2 N–H and O–H groups in total. The zero-order valence-electron chi connectivity index (χ0n) is 15.1. The minimum Gasteiger partial charge on any atom is -0.506 e. The fraction of sp³-hybridized carbons (Fsp3) is 0.444. The van der Waals surface area contributed by atoms with Crippen LogP contribution in [0.1, 0.15) is 26.3 Å². The number of aliphatic hydroxyl groups is 2. The lowest BCUT2D eigenvalue weighted by Gasteiger charge is -2.14. The molecule has 144 valence electrons. The van der Waals surface area contributed by atoms with Gasteiger partial charge in [-0.2, -0.15) is 0 Å². The summed E-state index contributed by atoms with van der Waals surface area (Å²) < 4.78 is 10.7. The largest absolute Gasteiger partial charge is 0.506 e. The minimum atomic E-state index is -0.739. The van der Waals surface area contributed by atoms with Gasteiger partial charge in [0.25, 0.3) is 0 Å². The van der Waals surface area contributed by atoms with Crippen molar-refractivity contribution in [3.05, 3.63) is 32.8 Å². The van der Waals surface area contributed by atoms with Crippen LogP contribution in [0.2, 0.25) is 5.02 Å². The van der Waals surface area contributed by atoms with Crippen molar-refractivity contribution in [2.24, 2.45) is 10.9 Å². The molecule has 0 saturated carbocycles. The van der Waals surface area contributed by atoms with E-state index in [1.165, 1.54) is 25.5 Å². The first-order valence-electron chi connectivity index (χ1n) is 8.04. The lowest BCUT2D eigenvalue weighted by atomic mass is 10.1. The summed E-state index contributed by atoms with van der Waals surface area (Å²) >= 11 is 9.53. The van der Waals surface area contributed by atoms with E-state index in [9.17, 15) is 15.0 Å². The van der Waals surface area contributed by atoms with Gasteiger partial charge in [-0.25, -0.2) is 4.79 Å². The molecule has 0 aliphatic carbocycles. The van der Waals surface area contributed by atoms with Crippen LogP contribution in [0.25, 0.3) is 5.76 Å². The Morgan fingerprint density at radius 2 is 2.08 bits per heavy atom. The molecule has 6 nitrogen and oxygen atoms in total. The molecule has 0 radical (unpaired) electrons. The van der Waals surface area contributed by atoms with Crippen LogP contribution in [0.4, 0.5) is 0 Å². The lowest BCUT2D eigenvalue weighted by Crippen LogP contribution is -2.19. The van der Waals surface area contributed by atoms with Gasteiger partial charge in [0.1, 0.15) is 17.1 Å². The van der Waals surface area contributed by atoms with Crippen molar-refractivity contribution in [3.8, 4) is 5.75 Å². The molecule has 26 heavy (non-hydrogen) atoms. The van der Waals surface area contributed by atoms with Crippen LogP contribution in [0, 0.1) is 5.92 Å². The highest BCUT2D eigenvalue weighted by Gasteiger charge is 2.20. The van der Waals surface area contributed by atoms with Crippen molar-refractivity contribution >= 4 is 45.5 Å². The van der Waals surface area contributed by atoms with Crippen molar-refractivity contribution in [2.45, 2.75) is 26.8 Å². The van der Waals surface area contributed by atoms with Gasteiger partial charge in [-0.1, -0.05) is 25.4 Å². The summed E-state index contributed by atoms with van der Waals surface area (Å²) in [4.78, 5) is 16.5. The molecule has 0 aromatic heterocycles. The number of rotatable bonds is 8. The van der Waals surface area contributed by atoms with Crippen molar-refractivity contribution in [2.75, 3.05) is 20.3 Å². The molecular formula is C18H23BrClNO5. The summed E-state index contributed by atoms with van der Waals surface area (Å²) in [6.45, 7) is 5.40. The second-order valence-electron chi connectivity index (χ2n) is 5.72. The number of aliphatic imine (C=N–C) groups is 1. The van der Waals surface area contributed by atoms with Gasteiger partial charge < -0.3 is 19.7 Å². The molecule has 1 rings (SSSR count). The Kier molecular flexibility index (Phi) is 9.12. The third-order valence-electron chi connectivity index (χ3n) is 3.60. The fourth-order valence-electron chi connectivity index (χ4n) is 2.03. The molecule has 0 heterocycles. The quantitative estimate of drug-likeness (QED) is 0.271. The summed E-state index contributed by atoms with van der Waals surface area (Å²) in [7, 11) is 1.49. The molecule has 1 aromatic rings. The number of hydrogen-bond donors (Lipinski definition) is 2. The minimum absolute atomic E-state index is 0.0561. The average molecular weight is 449 g/mol. The Morgan fingerprint density at radius 3 is 2.58 bits per heavy atom. The number of esters is 1. The maximum Gasteiger partial charge on any atom is 0.343 e. The van der Waals surface area contributed by atoms with Gasteiger partial charge in [-0.15, -0.1) is 0 Å². The zero-order chi connectivity index (χ0) is 19.9. The first kappa shape index (κ1) is 22.5. The highest BCUT2D eigenvalue weighted by molar-refractivity contribution is 9.10. The second kappa shape index (κ2) is 10.5. The Balaban J connectivity index is 3.46. The summed E-state index contributed by atoms with van der Waals surface area (Å²) in [5.41, 5.74) is 0.0730. The number of hydrogen-bond acceptors (Lipinski definition) is 6. The topological polar surface area (TPSA) is 88.4 Å². The van der Waals surface area contributed by atoms with E-state index in [-0.39, 0.29) is 41.1 Å². The van der Waals surface area contributed by atoms with E-state index in [2.05, 4.69) is 20.9 Å². The van der Waals surface area contributed by atoms with Gasteiger partial charge in [0.2, 0.25) is 0 Å². The highest BCUT2D eigenvalue weighted by atomic mass is 79.9. The molecule has 0 unspecified atom stereocenters. The SMILES string of the molecule is CCOC(=O)C(C=N[C@H](CO)C(C)C)=C(O)c1cc(Br)c(OC)cc1Cl. The first-order chi connectivity index (χ1) is 12.3. The predicted molar refractivity (Wildman–Crippen MR) is 106 cm³/mol. The maximum atomic E-state index is 12.3. The molecule has 0 bridgehead atoms. The third kappa shape index (κ3) is 5.72. The number of nitrogens with zero attached hydrogens (tertiary/aromatic N) is 1. The van der Waals surface area contributed by atoms with Crippen LogP contribution in [-0.2, 0) is 9.53 Å². The number of ether oxygens (including phenoxy) is 2. The molecular weight excluding hydrogens is 426 g/mol. The molecule has 0 aliphatic rings. The van der Waals surface area contributed by atoms with Crippen LogP contribution in [-0.4, -0.2) is 48.8 Å². The number of halogens is 2. The number of carbonyl (C=O) groups is 1. The summed E-state index contributed by atoms with van der Waals surface area (Å²) in [6, 6.07) is 2.64. The van der Waals surface area contributed by atoms with Crippen molar-refractivity contribution in [1.29, 1.82) is 0 Å². The number of benzene rings is 1. The molecule has 8 heteroatoms. The summed E-state index contributed by atoms with van der Waals surface area (Å²) in [5, 5.41) is 20.2. The third-order valence-corrected chi connectivity index (χ3v) is 4.53. The van der Waals surface area contributed by atoms with Gasteiger partial charge in [-0.3, -0.25) is 4.99 Å². The Labute approximate surface area is 166 Å². The van der Waals surface area contributed by atoms with E-state index < -0.39 is 12.0 Å². The van der Waals surface area contributed by atoms with Crippen LogP contribution < -0.4 is 4.74 Å². The normalized spacial score (nSPS) is 13.7. The standard InChI is InChI=1S/C18H23BrClNO5/c1-5-26-18(24)12(8-21-15(9-22)10(2)3)17(23)11-6-13(19)16(25-4)7-14(11)20/h6-8,10,15,22-23H,5,9H2,1-4H3/t15-/m1/s1. The van der Waals surface area contributed by atoms with Crippen LogP contribution in [0.5, 0.6) is 5.75 Å². The van der Waals surface area contributed by atoms with Gasteiger partial charge in [-0.05, 0) is 34.8 Å². The fourth-order valence-corrected chi connectivity index (χ4v) is 2.78. The lowest BCUT2D eigenvalue weighted by molar-refractivity contribution is -0.137. The van der Waals surface area contributed by atoms with E-state index in [0.717, 1.165) is 0 Å². The average Bonchev–Trinajstić information content (AvgIpc) is 2.59. The predicted octanol–water partition coefficient (Wildman–Crippen LogP) is 4.03. The van der Waals surface area contributed by atoms with Crippen molar-refractivity contribution in [3.63, 3.8) is 0 Å². The van der Waals surface area contributed by atoms with E-state index in [0.29, 0.717) is 10.2 Å². The molecule has 1 atom stereocenters. The van der Waals surface area contributed by atoms with Crippen LogP contribution in [0.15, 0.2) is 27.2 Å². The van der Waals surface area contributed by atoms with E-state index in [4.69, 9.17) is 21.1 Å². The van der Waals surface area contributed by atoms with E-state index in [1.807, 2.05) is 13.8 Å². The molecule has 0 fully saturated rings. The molecule has 0 spiro atoms. The van der Waals surface area contributed by atoms with Crippen molar-refractivity contribution < 1.29 is 24.5 Å². The van der Waals surface area contributed by atoms with Crippen LogP contribution >= 0.6 is 27.5 Å². The first-order valence-corrected chi connectivity index (χ1v) is 9.21. The number of carbonyl (C=O) groups excluding carboxylic acids is 1. The zero-order valence-corrected chi connectivity index (χ0v) is 17.5. The van der Waals surface area contributed by atoms with Gasteiger partial charge in [0.15, 0.2) is 0 Å². The van der Waals surface area contributed by atoms with E-state index >= 15 is 0 Å². The van der Waals surface area contributed by atoms with Crippen LogP contribution in [0.3, 0.4) is 0 Å². The van der Waals surface area contributed by atoms with E-state index in [1.54, 1.807) is 6.92 Å². The Morgan fingerprint density at radius 1 is 1.42 bits per heavy atom. The van der Waals surface area contributed by atoms with Gasteiger partial charge in [0.05, 0.1) is 35.9 Å².